The zero-order valence-corrected chi connectivity index (χ0v) is 13.1. The first-order chi connectivity index (χ1) is 10.0. The van der Waals surface area contributed by atoms with E-state index < -0.39 is 0 Å². The molecule has 0 atom stereocenters. The summed E-state index contributed by atoms with van der Waals surface area (Å²) in [5.74, 6) is 1.85. The van der Waals surface area contributed by atoms with Crippen molar-refractivity contribution >= 4 is 11.6 Å². The maximum Gasteiger partial charge on any atom is 0.163 e. The van der Waals surface area contributed by atoms with Gasteiger partial charge in [0.25, 0.3) is 0 Å². The lowest BCUT2D eigenvalue weighted by Gasteiger charge is -2.22. The molecule has 1 aromatic carbocycles. The molecule has 1 aromatic heterocycles. The summed E-state index contributed by atoms with van der Waals surface area (Å²) >= 11 is 5.99. The maximum atomic E-state index is 5.99. The Labute approximate surface area is 128 Å². The fourth-order valence-electron chi connectivity index (χ4n) is 2.50. The van der Waals surface area contributed by atoms with Crippen LogP contribution >= 0.6 is 11.6 Å². The van der Waals surface area contributed by atoms with E-state index in [1.807, 2.05) is 22.9 Å². The minimum absolute atomic E-state index is 0.110. The smallest absolute Gasteiger partial charge is 0.163 e. The molecule has 0 saturated carbocycles. The minimum atomic E-state index is -0.110. The second kappa shape index (κ2) is 5.22. The Kier molecular flexibility index (Phi) is 3.53. The Morgan fingerprint density at radius 3 is 2.57 bits per heavy atom. The summed E-state index contributed by atoms with van der Waals surface area (Å²) in [6, 6.07) is 5.78. The summed E-state index contributed by atoms with van der Waals surface area (Å²) in [5, 5.41) is 8.46. The molecule has 0 aliphatic carbocycles. The normalized spacial score (nSPS) is 14.3. The van der Waals surface area contributed by atoms with E-state index in [1.165, 1.54) is 0 Å². The first-order valence-electron chi connectivity index (χ1n) is 6.92. The van der Waals surface area contributed by atoms with Gasteiger partial charge in [0, 0.05) is 11.5 Å². The van der Waals surface area contributed by atoms with Crippen molar-refractivity contribution in [3.63, 3.8) is 0 Å². The van der Waals surface area contributed by atoms with Crippen LogP contribution in [0.2, 0.25) is 0 Å². The average Bonchev–Trinajstić information content (AvgIpc) is 2.91. The molecule has 0 unspecified atom stereocenters. The number of benzene rings is 1. The third kappa shape index (κ3) is 2.58. The highest BCUT2D eigenvalue weighted by molar-refractivity contribution is 6.17. The molecular formula is C15H18ClN3O2. The molecule has 0 spiro atoms. The van der Waals surface area contributed by atoms with Gasteiger partial charge in [-0.25, -0.2) is 4.68 Å². The van der Waals surface area contributed by atoms with Crippen molar-refractivity contribution in [2.75, 3.05) is 13.2 Å². The number of hydrogen-bond donors (Lipinski definition) is 0. The Morgan fingerprint density at radius 2 is 1.90 bits per heavy atom. The molecule has 2 heterocycles. The van der Waals surface area contributed by atoms with Crippen LogP contribution in [0.25, 0.3) is 5.69 Å². The number of hydrogen-bond acceptors (Lipinski definition) is 4. The molecule has 0 saturated heterocycles. The van der Waals surface area contributed by atoms with E-state index in [0.717, 1.165) is 28.6 Å². The molecule has 0 bridgehead atoms. The topological polar surface area (TPSA) is 49.2 Å². The lowest BCUT2D eigenvalue weighted by atomic mass is 9.90. The highest BCUT2D eigenvalue weighted by atomic mass is 35.5. The number of nitrogens with zero attached hydrogens (tertiary/aromatic N) is 3. The van der Waals surface area contributed by atoms with Crippen LogP contribution in [-0.2, 0) is 11.3 Å². The first-order valence-corrected chi connectivity index (χ1v) is 7.45. The van der Waals surface area contributed by atoms with Gasteiger partial charge >= 0.3 is 0 Å². The molecule has 112 valence electrons. The van der Waals surface area contributed by atoms with Gasteiger partial charge in [-0.05, 0) is 12.1 Å². The van der Waals surface area contributed by atoms with E-state index in [0.29, 0.717) is 19.1 Å². The van der Waals surface area contributed by atoms with Gasteiger partial charge in [-0.2, -0.15) is 0 Å². The van der Waals surface area contributed by atoms with Crippen LogP contribution in [0, 0.1) is 0 Å². The lowest BCUT2D eigenvalue weighted by Crippen LogP contribution is -2.20. The Bertz CT molecular complexity index is 661. The molecule has 21 heavy (non-hydrogen) atoms. The van der Waals surface area contributed by atoms with E-state index in [-0.39, 0.29) is 5.41 Å². The van der Waals surface area contributed by atoms with Gasteiger partial charge in [-0.1, -0.05) is 26.0 Å². The Balaban J connectivity index is 2.11. The van der Waals surface area contributed by atoms with Crippen molar-refractivity contribution in [1.82, 2.24) is 15.0 Å². The molecule has 6 heteroatoms. The van der Waals surface area contributed by atoms with E-state index in [2.05, 4.69) is 31.1 Å². The molecule has 0 radical (unpaired) electrons. The minimum Gasteiger partial charge on any atom is -0.486 e. The van der Waals surface area contributed by atoms with Crippen LogP contribution in [0.15, 0.2) is 18.2 Å². The fourth-order valence-corrected chi connectivity index (χ4v) is 2.68. The van der Waals surface area contributed by atoms with Gasteiger partial charge in [0.1, 0.15) is 18.9 Å². The molecule has 0 N–H and O–H groups in total. The summed E-state index contributed by atoms with van der Waals surface area (Å²) in [6.07, 6.45) is 0. The number of alkyl halides is 1. The Morgan fingerprint density at radius 1 is 1.19 bits per heavy atom. The Hall–Kier alpha value is -1.75. The molecule has 0 fully saturated rings. The predicted octanol–water partition coefficient (Wildman–Crippen LogP) is 3.07. The van der Waals surface area contributed by atoms with E-state index >= 15 is 0 Å². The zero-order valence-electron chi connectivity index (χ0n) is 12.4. The molecular weight excluding hydrogens is 290 g/mol. The van der Waals surface area contributed by atoms with Crippen molar-refractivity contribution < 1.29 is 9.47 Å². The van der Waals surface area contributed by atoms with E-state index in [1.54, 1.807) is 0 Å². The fraction of sp³-hybridized carbons (Fsp3) is 0.467. The monoisotopic (exact) mass is 307 g/mol. The van der Waals surface area contributed by atoms with Crippen LogP contribution in [0.3, 0.4) is 0 Å². The number of fused-ring (bicyclic) bond motifs is 1. The molecule has 0 amide bonds. The number of ether oxygens (including phenoxy) is 2. The number of aromatic nitrogens is 3. The zero-order chi connectivity index (χ0) is 15.0. The van der Waals surface area contributed by atoms with Gasteiger partial charge in [0.15, 0.2) is 11.5 Å². The molecule has 1 aliphatic rings. The van der Waals surface area contributed by atoms with Gasteiger partial charge < -0.3 is 9.47 Å². The maximum absolute atomic E-state index is 5.99. The summed E-state index contributed by atoms with van der Waals surface area (Å²) < 4.78 is 13.0. The van der Waals surface area contributed by atoms with Crippen molar-refractivity contribution in [1.29, 1.82) is 0 Å². The van der Waals surface area contributed by atoms with Crippen LogP contribution in [0.4, 0.5) is 0 Å². The quantitative estimate of drug-likeness (QED) is 0.800. The molecule has 1 aliphatic heterocycles. The van der Waals surface area contributed by atoms with E-state index in [4.69, 9.17) is 21.1 Å². The SMILES string of the molecule is CC(C)(C)c1c(CCl)nnn1-c1ccc2c(c1)OCCO2. The van der Waals surface area contributed by atoms with Crippen molar-refractivity contribution in [3.8, 4) is 17.2 Å². The van der Waals surface area contributed by atoms with Crippen LogP contribution in [-0.4, -0.2) is 28.2 Å². The second-order valence-electron chi connectivity index (χ2n) is 6.01. The first kappa shape index (κ1) is 14.2. The van der Waals surface area contributed by atoms with Crippen molar-refractivity contribution in [3.05, 3.63) is 29.6 Å². The third-order valence-electron chi connectivity index (χ3n) is 3.35. The van der Waals surface area contributed by atoms with Crippen LogP contribution < -0.4 is 9.47 Å². The molecule has 5 nitrogen and oxygen atoms in total. The predicted molar refractivity (Wildman–Crippen MR) is 80.6 cm³/mol. The van der Waals surface area contributed by atoms with Gasteiger partial charge in [0.2, 0.25) is 0 Å². The van der Waals surface area contributed by atoms with Crippen molar-refractivity contribution in [2.45, 2.75) is 32.1 Å². The molecule has 3 rings (SSSR count). The molecule has 2 aromatic rings. The van der Waals surface area contributed by atoms with E-state index in [9.17, 15) is 0 Å². The summed E-state index contributed by atoms with van der Waals surface area (Å²) in [6.45, 7) is 7.51. The lowest BCUT2D eigenvalue weighted by molar-refractivity contribution is 0.171. The summed E-state index contributed by atoms with van der Waals surface area (Å²) in [4.78, 5) is 0. The number of halogens is 1. The van der Waals surface area contributed by atoms with Crippen LogP contribution in [0.1, 0.15) is 32.2 Å². The van der Waals surface area contributed by atoms with Gasteiger partial charge in [0.05, 0.1) is 17.3 Å². The highest BCUT2D eigenvalue weighted by Crippen LogP contribution is 2.34. The highest BCUT2D eigenvalue weighted by Gasteiger charge is 2.26. The number of rotatable bonds is 2. The average molecular weight is 308 g/mol. The van der Waals surface area contributed by atoms with Gasteiger partial charge in [-0.3, -0.25) is 0 Å². The third-order valence-corrected chi connectivity index (χ3v) is 3.60. The standard InChI is InChI=1S/C15H18ClN3O2/c1-15(2,3)14-11(9-16)17-18-19(14)10-4-5-12-13(8-10)21-7-6-20-12/h4-5,8H,6-7,9H2,1-3H3. The van der Waals surface area contributed by atoms with Gasteiger partial charge in [-0.15, -0.1) is 16.7 Å². The summed E-state index contributed by atoms with van der Waals surface area (Å²) in [5.41, 5.74) is 2.60. The van der Waals surface area contributed by atoms with Crippen LogP contribution in [0.5, 0.6) is 11.5 Å². The summed E-state index contributed by atoms with van der Waals surface area (Å²) in [7, 11) is 0. The van der Waals surface area contributed by atoms with Crippen molar-refractivity contribution in [2.24, 2.45) is 0 Å². The largest absolute Gasteiger partial charge is 0.486 e. The second-order valence-corrected chi connectivity index (χ2v) is 6.28.